The van der Waals surface area contributed by atoms with E-state index in [1.54, 1.807) is 7.11 Å². The fourth-order valence-corrected chi connectivity index (χ4v) is 8.98. The molecular formula is C40H64N2O7. The maximum atomic E-state index is 12.6. The van der Waals surface area contributed by atoms with Gasteiger partial charge in [0.1, 0.15) is 6.29 Å². The standard InChI is InChI=1S/C28H44N2O4.C12H20O3/c1-5-28(6-2)23-17-21(26(29)31)13-12-20(23)18-24(33-3)25(28)30-15-14-22(27(32)34-4)16-19-10-8-7-9-11-19;1-15-12(14)11(7-8-13)9-10-5-3-2-4-6-10/h12-13,17,19,22,24-25,30H,5-11,14-16,18H2,1-4H3,(H2,29,31);8,10-11H,2-7,9H2,1H3/t22-,24+,25-;11-/m11/s1. The molecule has 0 aromatic heterocycles. The van der Waals surface area contributed by atoms with Gasteiger partial charge in [0.05, 0.1) is 32.2 Å². The van der Waals surface area contributed by atoms with Crippen molar-refractivity contribution in [1.29, 1.82) is 0 Å². The van der Waals surface area contributed by atoms with Gasteiger partial charge in [-0.3, -0.25) is 14.4 Å². The third kappa shape index (κ3) is 11.1. The van der Waals surface area contributed by atoms with Gasteiger partial charge in [-0.1, -0.05) is 84.1 Å². The molecule has 0 aliphatic heterocycles. The van der Waals surface area contributed by atoms with Gasteiger partial charge in [-0.15, -0.1) is 0 Å². The zero-order chi connectivity index (χ0) is 35.8. The molecule has 0 spiro atoms. The van der Waals surface area contributed by atoms with Crippen molar-refractivity contribution in [2.45, 2.75) is 141 Å². The molecule has 2 fully saturated rings. The summed E-state index contributed by atoms with van der Waals surface area (Å²) in [6, 6.07) is 5.93. The lowest BCUT2D eigenvalue weighted by atomic mass is 9.62. The van der Waals surface area contributed by atoms with Crippen molar-refractivity contribution in [3.8, 4) is 0 Å². The van der Waals surface area contributed by atoms with Crippen LogP contribution in [0, 0.1) is 23.7 Å². The molecule has 3 N–H and O–H groups in total. The van der Waals surface area contributed by atoms with Crippen LogP contribution in [-0.2, 0) is 40.4 Å². The Balaban J connectivity index is 0.000000362. The number of nitrogens with one attached hydrogen (secondary N) is 1. The minimum atomic E-state index is -0.397. The zero-order valence-electron chi connectivity index (χ0n) is 30.9. The van der Waals surface area contributed by atoms with E-state index in [2.05, 4.69) is 19.2 Å². The fourth-order valence-electron chi connectivity index (χ4n) is 8.98. The van der Waals surface area contributed by atoms with Crippen LogP contribution < -0.4 is 11.1 Å². The lowest BCUT2D eigenvalue weighted by Gasteiger charge is -2.49. The molecule has 4 atom stereocenters. The van der Waals surface area contributed by atoms with E-state index in [0.717, 1.165) is 51.4 Å². The van der Waals surface area contributed by atoms with E-state index < -0.39 is 5.91 Å². The van der Waals surface area contributed by atoms with Gasteiger partial charge >= 0.3 is 11.9 Å². The SMILES string of the molecule is CCC1(CC)c2cc(C(N)=O)ccc2C[C@H](OC)[C@H]1NCC[C@H](CC1CCCCC1)C(=O)OC.COC(=O)[C@H](CC=O)CC1CCCCC1. The van der Waals surface area contributed by atoms with Crippen LogP contribution in [0.4, 0.5) is 0 Å². The van der Waals surface area contributed by atoms with Crippen LogP contribution in [0.15, 0.2) is 18.2 Å². The monoisotopic (exact) mass is 684 g/mol. The highest BCUT2D eigenvalue weighted by Gasteiger charge is 2.47. The minimum Gasteiger partial charge on any atom is -0.469 e. The first-order chi connectivity index (χ1) is 23.7. The molecule has 49 heavy (non-hydrogen) atoms. The molecule has 3 aliphatic carbocycles. The molecular weight excluding hydrogens is 620 g/mol. The molecule has 276 valence electrons. The van der Waals surface area contributed by atoms with Gasteiger partial charge < -0.3 is 30.1 Å². The summed E-state index contributed by atoms with van der Waals surface area (Å²) < 4.78 is 15.9. The highest BCUT2D eigenvalue weighted by molar-refractivity contribution is 5.93. The summed E-state index contributed by atoms with van der Waals surface area (Å²) in [7, 11) is 4.66. The molecule has 0 radical (unpaired) electrons. The number of amides is 1. The number of hydrogen-bond donors (Lipinski definition) is 2. The number of esters is 2. The van der Waals surface area contributed by atoms with Crippen molar-refractivity contribution in [2.24, 2.45) is 29.4 Å². The first-order valence-corrected chi connectivity index (χ1v) is 19.0. The van der Waals surface area contributed by atoms with Crippen LogP contribution in [0.5, 0.6) is 0 Å². The lowest BCUT2D eigenvalue weighted by Crippen LogP contribution is -2.59. The number of hydrogen-bond acceptors (Lipinski definition) is 8. The van der Waals surface area contributed by atoms with Crippen molar-refractivity contribution in [1.82, 2.24) is 5.32 Å². The zero-order valence-corrected chi connectivity index (χ0v) is 30.9. The maximum Gasteiger partial charge on any atom is 0.309 e. The van der Waals surface area contributed by atoms with Crippen LogP contribution in [0.2, 0.25) is 0 Å². The Morgan fingerprint density at radius 2 is 1.43 bits per heavy atom. The Labute approximate surface area is 295 Å². The van der Waals surface area contributed by atoms with Crippen molar-refractivity contribution in [2.75, 3.05) is 27.9 Å². The van der Waals surface area contributed by atoms with Crippen LogP contribution in [0.1, 0.15) is 138 Å². The van der Waals surface area contributed by atoms with E-state index >= 15 is 0 Å². The summed E-state index contributed by atoms with van der Waals surface area (Å²) in [5, 5.41) is 3.80. The number of nitrogens with two attached hydrogens (primary N) is 1. The van der Waals surface area contributed by atoms with E-state index in [-0.39, 0.29) is 41.3 Å². The van der Waals surface area contributed by atoms with Crippen molar-refractivity contribution in [3.63, 3.8) is 0 Å². The van der Waals surface area contributed by atoms with E-state index in [4.69, 9.17) is 19.9 Å². The third-order valence-corrected chi connectivity index (χ3v) is 11.9. The average Bonchev–Trinajstić information content (AvgIpc) is 3.14. The molecule has 3 aliphatic rings. The molecule has 1 aromatic carbocycles. The van der Waals surface area contributed by atoms with Crippen LogP contribution in [-0.4, -0.2) is 64.2 Å². The van der Waals surface area contributed by atoms with E-state index in [0.29, 0.717) is 23.8 Å². The topological polar surface area (TPSA) is 134 Å². The number of carbonyl (C=O) groups excluding carboxylic acids is 4. The Kier molecular flexibility index (Phi) is 17.2. The van der Waals surface area contributed by atoms with Gasteiger partial charge in [0, 0.05) is 37.0 Å². The normalized spacial score (nSPS) is 22.1. The average molecular weight is 685 g/mol. The molecule has 1 aromatic rings. The smallest absolute Gasteiger partial charge is 0.309 e. The van der Waals surface area contributed by atoms with Gasteiger partial charge in [0.25, 0.3) is 0 Å². The number of methoxy groups -OCH3 is 3. The molecule has 0 unspecified atom stereocenters. The number of carbonyl (C=O) groups is 4. The first kappa shape index (κ1) is 40.6. The second kappa shape index (κ2) is 20.8. The van der Waals surface area contributed by atoms with E-state index in [1.807, 2.05) is 18.2 Å². The van der Waals surface area contributed by atoms with Crippen molar-refractivity contribution >= 4 is 24.1 Å². The van der Waals surface area contributed by atoms with E-state index in [1.165, 1.54) is 89.6 Å². The molecule has 2 saturated carbocycles. The summed E-state index contributed by atoms with van der Waals surface area (Å²) in [6.45, 7) is 5.14. The maximum absolute atomic E-state index is 12.6. The van der Waals surface area contributed by atoms with Gasteiger partial charge in [-0.2, -0.15) is 0 Å². The Morgan fingerprint density at radius 1 is 0.878 bits per heavy atom. The van der Waals surface area contributed by atoms with Crippen molar-refractivity contribution < 1.29 is 33.4 Å². The minimum absolute atomic E-state index is 0.0155. The first-order valence-electron chi connectivity index (χ1n) is 19.0. The lowest BCUT2D eigenvalue weighted by molar-refractivity contribution is -0.147. The number of ether oxygens (including phenoxy) is 3. The fraction of sp³-hybridized carbons (Fsp3) is 0.750. The second-order valence-corrected chi connectivity index (χ2v) is 14.6. The number of fused-ring (bicyclic) bond motifs is 1. The second-order valence-electron chi connectivity index (χ2n) is 14.6. The summed E-state index contributed by atoms with van der Waals surface area (Å²) in [5.41, 5.74) is 8.42. The van der Waals surface area contributed by atoms with Crippen LogP contribution >= 0.6 is 0 Å². The number of primary amides is 1. The molecule has 4 rings (SSSR count). The van der Waals surface area contributed by atoms with E-state index in [9.17, 15) is 19.2 Å². The summed E-state index contributed by atoms with van der Waals surface area (Å²) in [4.78, 5) is 46.4. The Morgan fingerprint density at radius 3 is 1.92 bits per heavy atom. The van der Waals surface area contributed by atoms with Gasteiger partial charge in [0.15, 0.2) is 0 Å². The summed E-state index contributed by atoms with van der Waals surface area (Å²) in [5.74, 6) is 0.241. The van der Waals surface area contributed by atoms with Crippen LogP contribution in [0.3, 0.4) is 0 Å². The molecule has 9 heteroatoms. The Bertz CT molecular complexity index is 1190. The predicted molar refractivity (Wildman–Crippen MR) is 192 cm³/mol. The van der Waals surface area contributed by atoms with Crippen LogP contribution in [0.25, 0.3) is 0 Å². The highest BCUT2D eigenvalue weighted by atomic mass is 16.5. The van der Waals surface area contributed by atoms with Gasteiger partial charge in [-0.05, 0) is 73.7 Å². The number of aldehydes is 1. The predicted octanol–water partition coefficient (Wildman–Crippen LogP) is 6.86. The summed E-state index contributed by atoms with van der Waals surface area (Å²) in [6.07, 6.45) is 18.8. The Hall–Kier alpha value is -2.78. The quantitative estimate of drug-likeness (QED) is 0.143. The molecule has 0 heterocycles. The highest BCUT2D eigenvalue weighted by Crippen LogP contribution is 2.44. The molecule has 0 saturated heterocycles. The molecule has 1 amide bonds. The largest absolute Gasteiger partial charge is 0.469 e. The number of rotatable bonds is 16. The summed E-state index contributed by atoms with van der Waals surface area (Å²) >= 11 is 0. The van der Waals surface area contributed by atoms with Crippen molar-refractivity contribution in [3.05, 3.63) is 34.9 Å². The molecule has 9 nitrogen and oxygen atoms in total. The van der Waals surface area contributed by atoms with Gasteiger partial charge in [0.2, 0.25) is 5.91 Å². The molecule has 0 bridgehead atoms. The number of benzene rings is 1. The third-order valence-electron chi connectivity index (χ3n) is 11.9. The van der Waals surface area contributed by atoms with Gasteiger partial charge in [-0.25, -0.2) is 0 Å².